The first-order chi connectivity index (χ1) is 10.3. The fraction of sp³-hybridized carbons (Fsp3) is 0.846. The highest BCUT2D eigenvalue weighted by Crippen LogP contribution is 2.30. The Bertz CT molecular complexity index is 495. The quantitative estimate of drug-likeness (QED) is 0.627. The Hall–Kier alpha value is -1.19. The zero-order valence-corrected chi connectivity index (χ0v) is 13.8. The summed E-state index contributed by atoms with van der Waals surface area (Å²) in [6.07, 6.45) is 0.594. The van der Waals surface area contributed by atoms with Crippen molar-refractivity contribution in [2.75, 3.05) is 38.6 Å². The Balaban J connectivity index is 2.63. The number of nitrogens with zero attached hydrogens (tertiary/aromatic N) is 1. The monoisotopic (exact) mass is 336 g/mol. The lowest BCUT2D eigenvalue weighted by Crippen LogP contribution is -2.48. The average Bonchev–Trinajstić information content (AvgIpc) is 2.46. The third kappa shape index (κ3) is 4.65. The van der Waals surface area contributed by atoms with Gasteiger partial charge in [-0.05, 0) is 12.8 Å². The van der Waals surface area contributed by atoms with Gasteiger partial charge in [0, 0.05) is 32.8 Å². The van der Waals surface area contributed by atoms with Crippen LogP contribution >= 0.6 is 0 Å². The van der Waals surface area contributed by atoms with Crippen molar-refractivity contribution in [3.63, 3.8) is 0 Å². The fourth-order valence-electron chi connectivity index (χ4n) is 2.42. The lowest BCUT2D eigenvalue weighted by atomic mass is 9.80. The predicted octanol–water partition coefficient (Wildman–Crippen LogP) is -0.344. The van der Waals surface area contributed by atoms with Crippen LogP contribution in [0.3, 0.4) is 0 Å². The average molecular weight is 336 g/mol. The molecule has 0 bridgehead atoms. The van der Waals surface area contributed by atoms with Gasteiger partial charge in [-0.15, -0.1) is 0 Å². The number of nitrogens with one attached hydrogen (secondary N) is 1. The molecule has 9 heteroatoms. The first-order valence-corrected chi connectivity index (χ1v) is 8.94. The van der Waals surface area contributed by atoms with E-state index in [9.17, 15) is 23.1 Å². The molecule has 0 aliphatic carbocycles. The van der Waals surface area contributed by atoms with Gasteiger partial charge < -0.3 is 15.2 Å². The van der Waals surface area contributed by atoms with Crippen LogP contribution in [0.4, 0.5) is 0 Å². The molecule has 0 aromatic rings. The molecule has 1 heterocycles. The van der Waals surface area contributed by atoms with E-state index in [0.717, 1.165) is 0 Å². The van der Waals surface area contributed by atoms with Gasteiger partial charge in [0.05, 0.1) is 5.41 Å². The molecule has 0 spiro atoms. The molecule has 0 saturated carbocycles. The highest BCUT2D eigenvalue weighted by atomic mass is 32.2. The van der Waals surface area contributed by atoms with Crippen molar-refractivity contribution in [2.24, 2.45) is 5.41 Å². The van der Waals surface area contributed by atoms with Crippen LogP contribution in [0.25, 0.3) is 0 Å². The summed E-state index contributed by atoms with van der Waals surface area (Å²) >= 11 is 0. The number of carbonyl (C=O) groups excluding carboxylic acids is 1. The molecule has 0 radical (unpaired) electrons. The van der Waals surface area contributed by atoms with E-state index in [1.165, 1.54) is 4.31 Å². The molecule has 1 saturated heterocycles. The second kappa shape index (κ2) is 7.89. The van der Waals surface area contributed by atoms with Gasteiger partial charge in [0.25, 0.3) is 0 Å². The Labute approximate surface area is 130 Å². The summed E-state index contributed by atoms with van der Waals surface area (Å²) in [5.74, 6) is -2.34. The second-order valence-electron chi connectivity index (χ2n) is 5.32. The van der Waals surface area contributed by atoms with E-state index in [-0.39, 0.29) is 6.54 Å². The molecule has 0 unspecified atom stereocenters. The van der Waals surface area contributed by atoms with Crippen LogP contribution < -0.4 is 5.32 Å². The Morgan fingerprint density at radius 3 is 2.23 bits per heavy atom. The molecule has 2 N–H and O–H groups in total. The Kier molecular flexibility index (Phi) is 6.76. The van der Waals surface area contributed by atoms with E-state index in [2.05, 4.69) is 5.32 Å². The second-order valence-corrected chi connectivity index (χ2v) is 7.28. The van der Waals surface area contributed by atoms with Gasteiger partial charge in [-0.3, -0.25) is 9.59 Å². The first-order valence-electron chi connectivity index (χ1n) is 7.33. The molecule has 1 rings (SSSR count). The number of carboxylic acids is 1. The van der Waals surface area contributed by atoms with Crippen molar-refractivity contribution in [3.8, 4) is 0 Å². The molecule has 1 aliphatic heterocycles. The van der Waals surface area contributed by atoms with Gasteiger partial charge in [-0.25, -0.2) is 12.7 Å². The lowest BCUT2D eigenvalue weighted by molar-refractivity contribution is -0.154. The Morgan fingerprint density at radius 2 is 1.77 bits per heavy atom. The van der Waals surface area contributed by atoms with Gasteiger partial charge in [0.15, 0.2) is 0 Å². The summed E-state index contributed by atoms with van der Waals surface area (Å²) < 4.78 is 30.3. The third-order valence-electron chi connectivity index (χ3n) is 3.94. The van der Waals surface area contributed by atoms with E-state index < -0.39 is 33.1 Å². The maximum atomic E-state index is 12.0. The van der Waals surface area contributed by atoms with E-state index in [1.54, 1.807) is 13.8 Å². The fourth-order valence-corrected chi connectivity index (χ4v) is 3.82. The van der Waals surface area contributed by atoms with E-state index >= 15 is 0 Å². The van der Waals surface area contributed by atoms with Crippen LogP contribution in [0.2, 0.25) is 0 Å². The molecule has 22 heavy (non-hydrogen) atoms. The number of amides is 1. The number of aliphatic carboxylic acids is 1. The number of rotatable bonds is 8. The number of hydrogen-bond donors (Lipinski definition) is 2. The molecule has 1 fully saturated rings. The molecule has 0 atom stereocenters. The molecule has 8 nitrogen and oxygen atoms in total. The summed E-state index contributed by atoms with van der Waals surface area (Å²) in [4.78, 5) is 23.3. The van der Waals surface area contributed by atoms with E-state index in [4.69, 9.17) is 4.74 Å². The van der Waals surface area contributed by atoms with E-state index in [0.29, 0.717) is 39.1 Å². The number of sulfonamides is 1. The molecular formula is C13H24N2O6S. The number of hydrogen-bond acceptors (Lipinski definition) is 5. The van der Waals surface area contributed by atoms with Crippen molar-refractivity contribution >= 4 is 21.9 Å². The Morgan fingerprint density at radius 1 is 1.23 bits per heavy atom. The van der Waals surface area contributed by atoms with Gasteiger partial charge in [0.2, 0.25) is 15.9 Å². The lowest BCUT2D eigenvalue weighted by Gasteiger charge is -2.33. The number of ether oxygens (including phenoxy) is 1. The molecule has 128 valence electrons. The van der Waals surface area contributed by atoms with Crippen molar-refractivity contribution in [1.82, 2.24) is 9.62 Å². The first kappa shape index (κ1) is 18.9. The van der Waals surface area contributed by atoms with Crippen LogP contribution in [-0.2, 0) is 24.3 Å². The molecule has 1 aliphatic rings. The van der Waals surface area contributed by atoms with Crippen LogP contribution in [-0.4, -0.2) is 68.3 Å². The minimum Gasteiger partial charge on any atom is -0.481 e. The third-order valence-corrected chi connectivity index (χ3v) is 5.87. The molecule has 0 aromatic carbocycles. The SMILES string of the molecule is CCN(CC)S(=O)(=O)CC(=O)NCC1(C(=O)O)CCOCC1. The maximum absolute atomic E-state index is 12.0. The van der Waals surface area contributed by atoms with Crippen molar-refractivity contribution in [3.05, 3.63) is 0 Å². The molecular weight excluding hydrogens is 312 g/mol. The standard InChI is InChI=1S/C13H24N2O6S/c1-3-15(4-2)22(19,20)9-11(16)14-10-13(12(17)18)5-7-21-8-6-13/h3-10H2,1-2H3,(H,14,16)(H,17,18). The number of carboxylic acid groups (broad SMARTS) is 1. The zero-order chi connectivity index (χ0) is 16.8. The van der Waals surface area contributed by atoms with Crippen molar-refractivity contribution in [2.45, 2.75) is 26.7 Å². The zero-order valence-electron chi connectivity index (χ0n) is 13.0. The van der Waals surface area contributed by atoms with Crippen LogP contribution in [0.1, 0.15) is 26.7 Å². The highest BCUT2D eigenvalue weighted by molar-refractivity contribution is 7.89. The van der Waals surface area contributed by atoms with Crippen LogP contribution in [0.15, 0.2) is 0 Å². The van der Waals surface area contributed by atoms with E-state index in [1.807, 2.05) is 0 Å². The van der Waals surface area contributed by atoms with Gasteiger partial charge in [0.1, 0.15) is 5.75 Å². The summed E-state index contributed by atoms with van der Waals surface area (Å²) in [5.41, 5.74) is -1.08. The normalized spacial score (nSPS) is 18.1. The topological polar surface area (TPSA) is 113 Å². The van der Waals surface area contributed by atoms with Crippen LogP contribution in [0.5, 0.6) is 0 Å². The minimum absolute atomic E-state index is 0.0850. The largest absolute Gasteiger partial charge is 0.481 e. The van der Waals surface area contributed by atoms with Gasteiger partial charge >= 0.3 is 5.97 Å². The minimum atomic E-state index is -3.67. The number of carbonyl (C=O) groups is 2. The summed E-state index contributed by atoms with van der Waals surface area (Å²) in [7, 11) is -3.67. The predicted molar refractivity (Wildman–Crippen MR) is 79.8 cm³/mol. The van der Waals surface area contributed by atoms with Crippen molar-refractivity contribution in [1.29, 1.82) is 0 Å². The maximum Gasteiger partial charge on any atom is 0.311 e. The molecule has 0 aromatic heterocycles. The van der Waals surface area contributed by atoms with Crippen LogP contribution in [0, 0.1) is 5.41 Å². The summed E-state index contributed by atoms with van der Waals surface area (Å²) in [6.45, 7) is 4.53. The van der Waals surface area contributed by atoms with Gasteiger partial charge in [-0.2, -0.15) is 0 Å². The highest BCUT2D eigenvalue weighted by Gasteiger charge is 2.40. The smallest absolute Gasteiger partial charge is 0.311 e. The summed E-state index contributed by atoms with van der Waals surface area (Å²) in [5, 5.41) is 11.8. The van der Waals surface area contributed by atoms with Crippen molar-refractivity contribution < 1.29 is 27.9 Å². The van der Waals surface area contributed by atoms with Gasteiger partial charge in [-0.1, -0.05) is 13.8 Å². The molecule has 1 amide bonds. The summed E-state index contributed by atoms with van der Waals surface area (Å²) in [6, 6.07) is 0.